The predicted molar refractivity (Wildman–Crippen MR) is 95.7 cm³/mol. The van der Waals surface area contributed by atoms with Gasteiger partial charge in [0, 0.05) is 12.5 Å². The smallest absolute Gasteiger partial charge is 0.248 e. The van der Waals surface area contributed by atoms with Crippen LogP contribution in [-0.4, -0.2) is 40.5 Å². The van der Waals surface area contributed by atoms with E-state index in [9.17, 15) is 14.7 Å². The number of benzene rings is 1. The van der Waals surface area contributed by atoms with Gasteiger partial charge in [0.1, 0.15) is 6.04 Å². The minimum atomic E-state index is -0.908. The van der Waals surface area contributed by atoms with Gasteiger partial charge in [-0.2, -0.15) is 0 Å². The number of amides is 2. The molecule has 1 aromatic carbocycles. The average molecular weight is 344 g/mol. The summed E-state index contributed by atoms with van der Waals surface area (Å²) in [6.07, 6.45) is 4.90. The monoisotopic (exact) mass is 344 g/mol. The molecule has 0 spiro atoms. The summed E-state index contributed by atoms with van der Waals surface area (Å²) < 4.78 is 0. The lowest BCUT2D eigenvalue weighted by atomic mass is 9.99. The van der Waals surface area contributed by atoms with E-state index in [1.807, 2.05) is 23.1 Å². The van der Waals surface area contributed by atoms with Crippen LogP contribution in [0.4, 0.5) is 0 Å². The van der Waals surface area contributed by atoms with Crippen LogP contribution < -0.4 is 5.32 Å². The quantitative estimate of drug-likeness (QED) is 0.862. The van der Waals surface area contributed by atoms with Gasteiger partial charge in [-0.3, -0.25) is 9.59 Å². The highest BCUT2D eigenvalue weighted by molar-refractivity contribution is 5.90. The fourth-order valence-electron chi connectivity index (χ4n) is 3.58. The number of hydrogen-bond acceptors (Lipinski definition) is 3. The zero-order chi connectivity index (χ0) is 17.8. The Morgan fingerprint density at radius 3 is 2.48 bits per heavy atom. The summed E-state index contributed by atoms with van der Waals surface area (Å²) >= 11 is 0. The molecule has 1 aliphatic heterocycles. The van der Waals surface area contributed by atoms with Crippen molar-refractivity contribution in [3.8, 4) is 0 Å². The second kappa shape index (κ2) is 8.00. The molecule has 136 valence electrons. The lowest BCUT2D eigenvalue weighted by Crippen LogP contribution is -2.54. The lowest BCUT2D eigenvalue weighted by molar-refractivity contribution is -0.141. The van der Waals surface area contributed by atoms with E-state index in [4.69, 9.17) is 0 Å². The molecule has 3 rings (SSSR count). The molecule has 0 radical (unpaired) electrons. The Balaban J connectivity index is 1.80. The van der Waals surface area contributed by atoms with Crippen LogP contribution in [0, 0.1) is 5.92 Å². The molecule has 5 nitrogen and oxygen atoms in total. The Morgan fingerprint density at radius 2 is 1.84 bits per heavy atom. The van der Waals surface area contributed by atoms with Crippen LogP contribution in [0.1, 0.15) is 57.1 Å². The fraction of sp³-hybridized carbons (Fsp3) is 0.600. The molecule has 2 aliphatic rings. The van der Waals surface area contributed by atoms with Crippen molar-refractivity contribution < 1.29 is 14.7 Å². The molecule has 5 heteroatoms. The van der Waals surface area contributed by atoms with Crippen LogP contribution in [0.25, 0.3) is 0 Å². The third kappa shape index (κ3) is 4.40. The van der Waals surface area contributed by atoms with Crippen LogP contribution in [0.3, 0.4) is 0 Å². The highest BCUT2D eigenvalue weighted by atomic mass is 16.3. The van der Waals surface area contributed by atoms with Gasteiger partial charge in [0.05, 0.1) is 12.1 Å². The molecule has 3 atom stereocenters. The number of hydrogen-bond donors (Lipinski definition) is 2. The number of carbonyl (C=O) groups excluding carboxylic acids is 2. The predicted octanol–water partition coefficient (Wildman–Crippen LogP) is 2.41. The third-order valence-corrected chi connectivity index (χ3v) is 5.21. The van der Waals surface area contributed by atoms with E-state index in [1.54, 1.807) is 6.92 Å². The second-order valence-corrected chi connectivity index (χ2v) is 7.31. The van der Waals surface area contributed by atoms with E-state index in [0.29, 0.717) is 6.54 Å². The van der Waals surface area contributed by atoms with Crippen LogP contribution in [0.5, 0.6) is 0 Å². The number of nitrogens with one attached hydrogen (secondary N) is 1. The summed E-state index contributed by atoms with van der Waals surface area (Å²) in [5.41, 5.74) is 1.12. The highest BCUT2D eigenvalue weighted by Crippen LogP contribution is 2.32. The van der Waals surface area contributed by atoms with Gasteiger partial charge in [-0.05, 0) is 38.2 Å². The van der Waals surface area contributed by atoms with Gasteiger partial charge in [0.2, 0.25) is 11.8 Å². The van der Waals surface area contributed by atoms with Crippen molar-refractivity contribution in [2.75, 3.05) is 6.54 Å². The van der Waals surface area contributed by atoms with Crippen molar-refractivity contribution in [3.05, 3.63) is 35.9 Å². The van der Waals surface area contributed by atoms with E-state index in [0.717, 1.165) is 44.1 Å². The molecule has 3 unspecified atom stereocenters. The van der Waals surface area contributed by atoms with Gasteiger partial charge in [-0.1, -0.05) is 43.2 Å². The number of rotatable bonds is 5. The largest absolute Gasteiger partial charge is 0.391 e. The summed E-state index contributed by atoms with van der Waals surface area (Å²) in [7, 11) is 0. The minimum Gasteiger partial charge on any atom is -0.391 e. The summed E-state index contributed by atoms with van der Waals surface area (Å²) in [5.74, 6) is -0.256. The van der Waals surface area contributed by atoms with E-state index in [-0.39, 0.29) is 23.8 Å². The van der Waals surface area contributed by atoms with Gasteiger partial charge in [-0.15, -0.1) is 0 Å². The molecule has 1 heterocycles. The SMILES string of the molecule is CC(O)C(NC(=O)C1CC1)C(=O)N1CCCCCC1c1ccccc1. The van der Waals surface area contributed by atoms with Gasteiger partial charge >= 0.3 is 0 Å². The molecule has 2 N–H and O–H groups in total. The molecule has 2 fully saturated rings. The average Bonchev–Trinajstić information content (AvgIpc) is 3.45. The standard InChI is InChI=1S/C20H28N2O3/c1-14(23)18(21-19(24)16-11-12-16)20(25)22-13-7-3-6-10-17(22)15-8-4-2-5-9-15/h2,4-5,8-9,14,16-18,23H,3,6-7,10-13H2,1H3,(H,21,24). The Morgan fingerprint density at radius 1 is 1.12 bits per heavy atom. The lowest BCUT2D eigenvalue weighted by Gasteiger charge is -2.34. The van der Waals surface area contributed by atoms with Crippen molar-refractivity contribution in [1.82, 2.24) is 10.2 Å². The van der Waals surface area contributed by atoms with Crippen molar-refractivity contribution in [3.63, 3.8) is 0 Å². The first-order chi connectivity index (χ1) is 12.1. The summed E-state index contributed by atoms with van der Waals surface area (Å²) in [6, 6.07) is 9.20. The third-order valence-electron chi connectivity index (χ3n) is 5.21. The highest BCUT2D eigenvalue weighted by Gasteiger charge is 2.37. The topological polar surface area (TPSA) is 69.6 Å². The molecule has 1 saturated carbocycles. The van der Waals surface area contributed by atoms with Gasteiger partial charge in [0.15, 0.2) is 0 Å². The first-order valence-corrected chi connectivity index (χ1v) is 9.42. The summed E-state index contributed by atoms with van der Waals surface area (Å²) in [4.78, 5) is 27.2. The second-order valence-electron chi connectivity index (χ2n) is 7.31. The van der Waals surface area contributed by atoms with Crippen molar-refractivity contribution in [2.24, 2.45) is 5.92 Å². The maximum atomic E-state index is 13.2. The fourth-order valence-corrected chi connectivity index (χ4v) is 3.58. The molecule has 2 amide bonds. The molecule has 0 aromatic heterocycles. The summed E-state index contributed by atoms with van der Waals surface area (Å²) in [5, 5.41) is 12.9. The summed E-state index contributed by atoms with van der Waals surface area (Å²) in [6.45, 7) is 2.24. The first kappa shape index (κ1) is 17.9. The maximum Gasteiger partial charge on any atom is 0.248 e. The molecule has 1 aliphatic carbocycles. The van der Waals surface area contributed by atoms with Crippen LogP contribution >= 0.6 is 0 Å². The molecular formula is C20H28N2O3. The molecule has 0 bridgehead atoms. The Hall–Kier alpha value is -1.88. The van der Waals surface area contributed by atoms with Crippen LogP contribution in [0.15, 0.2) is 30.3 Å². The number of carbonyl (C=O) groups is 2. The van der Waals surface area contributed by atoms with E-state index in [2.05, 4.69) is 17.4 Å². The molecule has 1 saturated heterocycles. The zero-order valence-corrected chi connectivity index (χ0v) is 14.9. The van der Waals surface area contributed by atoms with Gasteiger partial charge < -0.3 is 15.3 Å². The first-order valence-electron chi connectivity index (χ1n) is 9.42. The number of aliphatic hydroxyl groups is 1. The zero-order valence-electron chi connectivity index (χ0n) is 14.9. The maximum absolute atomic E-state index is 13.2. The number of likely N-dealkylation sites (tertiary alicyclic amines) is 1. The normalized spacial score (nSPS) is 23.4. The van der Waals surface area contributed by atoms with Gasteiger partial charge in [0.25, 0.3) is 0 Å². The Labute approximate surface area is 149 Å². The Kier molecular flexibility index (Phi) is 5.74. The molecular weight excluding hydrogens is 316 g/mol. The van der Waals surface area contributed by atoms with Crippen LogP contribution in [0.2, 0.25) is 0 Å². The minimum absolute atomic E-state index is 0.00952. The van der Waals surface area contributed by atoms with E-state index >= 15 is 0 Å². The van der Waals surface area contributed by atoms with Crippen molar-refractivity contribution >= 4 is 11.8 Å². The Bertz CT molecular complexity index is 598. The van der Waals surface area contributed by atoms with Gasteiger partial charge in [-0.25, -0.2) is 0 Å². The number of nitrogens with zero attached hydrogens (tertiary/aromatic N) is 1. The van der Waals surface area contributed by atoms with E-state index in [1.165, 1.54) is 0 Å². The van der Waals surface area contributed by atoms with Crippen molar-refractivity contribution in [2.45, 2.75) is 63.6 Å². The number of aliphatic hydroxyl groups excluding tert-OH is 1. The van der Waals surface area contributed by atoms with E-state index < -0.39 is 12.1 Å². The van der Waals surface area contributed by atoms with Crippen molar-refractivity contribution in [1.29, 1.82) is 0 Å². The van der Waals surface area contributed by atoms with Crippen LogP contribution in [-0.2, 0) is 9.59 Å². The molecule has 25 heavy (non-hydrogen) atoms. The molecule has 1 aromatic rings.